The second-order valence-electron chi connectivity index (χ2n) is 7.76. The van der Waals surface area contributed by atoms with Crippen molar-refractivity contribution < 1.29 is 46.1 Å². The molecule has 212 valence electrons. The molecule has 0 spiro atoms. The lowest BCUT2D eigenvalue weighted by molar-refractivity contribution is -0.193. The average molecular weight is 580 g/mol. The van der Waals surface area contributed by atoms with Crippen molar-refractivity contribution in [3.8, 4) is 10.6 Å². The van der Waals surface area contributed by atoms with Crippen LogP contribution in [-0.4, -0.2) is 87.1 Å². The van der Waals surface area contributed by atoms with Crippen LogP contribution in [-0.2, 0) is 16.0 Å². The van der Waals surface area contributed by atoms with Gasteiger partial charge in [-0.2, -0.15) is 26.3 Å². The van der Waals surface area contributed by atoms with Crippen LogP contribution >= 0.6 is 11.3 Å². The maximum Gasteiger partial charge on any atom is 0.490 e. The maximum absolute atomic E-state index is 10.6. The number of rotatable bonds is 5. The fourth-order valence-electron chi connectivity index (χ4n) is 3.06. The van der Waals surface area contributed by atoms with E-state index in [2.05, 4.69) is 49.4 Å². The molecule has 1 aliphatic heterocycles. The van der Waals surface area contributed by atoms with E-state index in [0.29, 0.717) is 0 Å². The van der Waals surface area contributed by atoms with Crippen LogP contribution in [0.1, 0.15) is 5.69 Å². The number of nitrogens with zero attached hydrogens (tertiary/aromatic N) is 5. The van der Waals surface area contributed by atoms with Crippen LogP contribution in [0.5, 0.6) is 0 Å². The van der Waals surface area contributed by atoms with Gasteiger partial charge in [-0.1, -0.05) is 30.3 Å². The van der Waals surface area contributed by atoms with Crippen LogP contribution in [0.4, 0.5) is 32.2 Å². The third-order valence-electron chi connectivity index (χ3n) is 4.99. The molecule has 0 unspecified atom stereocenters. The SMILES string of the molecule is O=C(O)C(F)(F)F.O=C(O)C(F)(F)F.c1ccc(-c2nc(CCN3CCN(c4cnccn4)CC3)cs2)cc1. The summed E-state index contributed by atoms with van der Waals surface area (Å²) in [5, 5.41) is 17.6. The van der Waals surface area contributed by atoms with Crippen molar-refractivity contribution >= 4 is 29.1 Å². The van der Waals surface area contributed by atoms with Gasteiger partial charge < -0.3 is 15.1 Å². The largest absolute Gasteiger partial charge is 0.490 e. The molecular formula is C23H23F6N5O4S. The fraction of sp³-hybridized carbons (Fsp3) is 0.348. The number of carboxylic acids is 2. The Morgan fingerprint density at radius 2 is 1.46 bits per heavy atom. The first-order chi connectivity index (χ1) is 18.3. The Balaban J connectivity index is 0.000000317. The molecule has 1 aliphatic rings. The number of hydrogen-bond donors (Lipinski definition) is 2. The Morgan fingerprint density at radius 3 is 1.95 bits per heavy atom. The highest BCUT2D eigenvalue weighted by atomic mass is 32.1. The van der Waals surface area contributed by atoms with Gasteiger partial charge in [0.05, 0.1) is 11.9 Å². The van der Waals surface area contributed by atoms with Crippen LogP contribution in [0, 0.1) is 0 Å². The van der Waals surface area contributed by atoms with Crippen molar-refractivity contribution in [2.45, 2.75) is 18.8 Å². The number of thiazole rings is 1. The van der Waals surface area contributed by atoms with E-state index in [4.69, 9.17) is 24.8 Å². The monoisotopic (exact) mass is 579 g/mol. The lowest BCUT2D eigenvalue weighted by atomic mass is 10.2. The summed E-state index contributed by atoms with van der Waals surface area (Å²) in [6.07, 6.45) is -3.84. The topological polar surface area (TPSA) is 120 Å². The van der Waals surface area contributed by atoms with Crippen molar-refractivity contribution in [2.75, 3.05) is 37.6 Å². The number of benzene rings is 1. The minimum atomic E-state index is -5.08. The summed E-state index contributed by atoms with van der Waals surface area (Å²) in [4.78, 5) is 35.9. The van der Waals surface area contributed by atoms with E-state index in [1.54, 1.807) is 23.7 Å². The van der Waals surface area contributed by atoms with Gasteiger partial charge in [-0.25, -0.2) is 19.6 Å². The van der Waals surface area contributed by atoms with Crippen molar-refractivity contribution in [3.05, 3.63) is 60.0 Å². The van der Waals surface area contributed by atoms with Crippen molar-refractivity contribution in [3.63, 3.8) is 0 Å². The quantitative estimate of drug-likeness (QED) is 0.428. The lowest BCUT2D eigenvalue weighted by Gasteiger charge is -2.35. The molecule has 1 saturated heterocycles. The first-order valence-corrected chi connectivity index (χ1v) is 12.0. The van der Waals surface area contributed by atoms with Gasteiger partial charge in [-0.05, 0) is 0 Å². The summed E-state index contributed by atoms with van der Waals surface area (Å²) >= 11 is 1.73. The van der Waals surface area contributed by atoms with Gasteiger partial charge in [0.25, 0.3) is 0 Å². The fourth-order valence-corrected chi connectivity index (χ4v) is 3.92. The first kappa shape index (κ1) is 31.4. The van der Waals surface area contributed by atoms with E-state index in [9.17, 15) is 26.3 Å². The molecule has 1 fully saturated rings. The van der Waals surface area contributed by atoms with Crippen LogP contribution < -0.4 is 4.90 Å². The summed E-state index contributed by atoms with van der Waals surface area (Å²) < 4.78 is 63.5. The molecule has 0 radical (unpaired) electrons. The predicted octanol–water partition coefficient (Wildman–Crippen LogP) is 4.23. The molecule has 0 amide bonds. The van der Waals surface area contributed by atoms with Crippen LogP contribution in [0.25, 0.3) is 10.6 Å². The van der Waals surface area contributed by atoms with Gasteiger partial charge in [0.2, 0.25) is 0 Å². The highest BCUT2D eigenvalue weighted by Crippen LogP contribution is 2.23. The number of halogens is 6. The van der Waals surface area contributed by atoms with Crippen LogP contribution in [0.3, 0.4) is 0 Å². The second kappa shape index (κ2) is 14.4. The molecule has 3 aromatic rings. The number of aromatic nitrogens is 3. The van der Waals surface area contributed by atoms with Crippen molar-refractivity contribution in [2.24, 2.45) is 0 Å². The maximum atomic E-state index is 10.6. The van der Waals surface area contributed by atoms with Gasteiger partial charge in [0.15, 0.2) is 0 Å². The molecule has 0 aliphatic carbocycles. The molecule has 3 heterocycles. The van der Waals surface area contributed by atoms with Crippen molar-refractivity contribution in [1.82, 2.24) is 19.9 Å². The molecule has 1 aromatic carbocycles. The van der Waals surface area contributed by atoms with Crippen LogP contribution in [0.15, 0.2) is 54.3 Å². The van der Waals surface area contributed by atoms with Gasteiger partial charge in [0, 0.05) is 62.5 Å². The normalized spacial score (nSPS) is 13.9. The third-order valence-corrected chi connectivity index (χ3v) is 5.93. The standard InChI is InChI=1S/C19H21N5S.2C2HF3O2/c1-2-4-16(5-3-1)19-22-17(15-25-19)6-9-23-10-12-24(13-11-23)18-14-20-7-8-21-18;2*3-2(4,5)1(6)7/h1-5,7-8,14-15H,6,9-13H2;2*(H,6,7). The predicted molar refractivity (Wildman–Crippen MR) is 129 cm³/mol. The Kier molecular flexibility index (Phi) is 11.6. The molecule has 0 atom stereocenters. The number of anilines is 1. The average Bonchev–Trinajstić information content (AvgIpc) is 3.38. The van der Waals surface area contributed by atoms with E-state index in [1.807, 2.05) is 12.3 Å². The molecule has 39 heavy (non-hydrogen) atoms. The molecule has 4 rings (SSSR count). The van der Waals surface area contributed by atoms with Gasteiger partial charge in [-0.15, -0.1) is 11.3 Å². The number of piperazine rings is 1. The van der Waals surface area contributed by atoms with E-state index < -0.39 is 24.3 Å². The summed E-state index contributed by atoms with van der Waals surface area (Å²) in [5.41, 5.74) is 2.40. The number of carbonyl (C=O) groups is 2. The van der Waals surface area contributed by atoms with Crippen LogP contribution in [0.2, 0.25) is 0 Å². The third kappa shape index (κ3) is 11.2. The highest BCUT2D eigenvalue weighted by molar-refractivity contribution is 7.13. The van der Waals surface area contributed by atoms with Gasteiger partial charge in [0.1, 0.15) is 10.8 Å². The number of carboxylic acid groups (broad SMARTS) is 2. The van der Waals surface area contributed by atoms with Crippen molar-refractivity contribution in [1.29, 1.82) is 0 Å². The number of aliphatic carboxylic acids is 2. The second-order valence-corrected chi connectivity index (χ2v) is 8.62. The molecule has 0 saturated carbocycles. The zero-order valence-corrected chi connectivity index (χ0v) is 20.9. The summed E-state index contributed by atoms with van der Waals surface area (Å²) in [7, 11) is 0. The first-order valence-electron chi connectivity index (χ1n) is 11.1. The van der Waals surface area contributed by atoms with Gasteiger partial charge >= 0.3 is 24.3 Å². The zero-order valence-electron chi connectivity index (χ0n) is 20.1. The molecule has 2 N–H and O–H groups in total. The smallest absolute Gasteiger partial charge is 0.475 e. The van der Waals surface area contributed by atoms with E-state index in [-0.39, 0.29) is 0 Å². The molecule has 2 aromatic heterocycles. The summed E-state index contributed by atoms with van der Waals surface area (Å²) in [6.45, 7) is 5.20. The van der Waals surface area contributed by atoms with E-state index >= 15 is 0 Å². The van der Waals surface area contributed by atoms with E-state index in [1.165, 1.54) is 11.3 Å². The number of hydrogen-bond acceptors (Lipinski definition) is 8. The Bertz CT molecular complexity index is 1150. The Labute approximate surface area is 222 Å². The highest BCUT2D eigenvalue weighted by Gasteiger charge is 2.38. The Hall–Kier alpha value is -3.79. The summed E-state index contributed by atoms with van der Waals surface area (Å²) in [6, 6.07) is 10.4. The molecule has 16 heteroatoms. The molecule has 0 bridgehead atoms. The minimum absolute atomic E-state index is 0.981. The molecular weight excluding hydrogens is 556 g/mol. The lowest BCUT2D eigenvalue weighted by Crippen LogP contribution is -2.47. The molecule has 9 nitrogen and oxygen atoms in total. The number of alkyl halides is 6. The van der Waals surface area contributed by atoms with Gasteiger partial charge in [-0.3, -0.25) is 9.88 Å². The summed E-state index contributed by atoms with van der Waals surface area (Å²) in [5.74, 6) is -4.53. The van der Waals surface area contributed by atoms with E-state index in [0.717, 1.165) is 50.0 Å². The minimum Gasteiger partial charge on any atom is -0.475 e. The Morgan fingerprint density at radius 1 is 0.897 bits per heavy atom. The zero-order chi connectivity index (χ0) is 29.1.